The normalized spacial score (nSPS) is 15.4. The molecule has 14 heteroatoms. The Kier molecular flexibility index (Phi) is 12.6. The molecule has 0 N–H and O–H groups in total. The number of rotatable bonds is 16. The third-order valence-corrected chi connectivity index (χ3v) is 17.9. The van der Waals surface area contributed by atoms with Crippen LogP contribution >= 0.6 is 22.7 Å². The summed E-state index contributed by atoms with van der Waals surface area (Å²) in [6.45, 7) is 15.6. The van der Waals surface area contributed by atoms with Gasteiger partial charge in [0.1, 0.15) is 0 Å². The van der Waals surface area contributed by atoms with Crippen LogP contribution in [0.3, 0.4) is 0 Å². The summed E-state index contributed by atoms with van der Waals surface area (Å²) >= 11 is 2.74. The molecule has 72 heavy (non-hydrogen) atoms. The molecule has 0 aliphatic carbocycles. The first-order valence-electron chi connectivity index (χ1n) is 25.4. The molecule has 12 nitrogen and oxygen atoms in total. The molecular formula is C58H56N4O8S2. The maximum atomic E-state index is 15.3. The molecule has 4 aliphatic heterocycles. The van der Waals surface area contributed by atoms with Crippen LogP contribution < -0.4 is 0 Å². The summed E-state index contributed by atoms with van der Waals surface area (Å²) in [5, 5.41) is 0.533. The number of hydrogen-bond acceptors (Lipinski definition) is 10. The van der Waals surface area contributed by atoms with E-state index < -0.39 is 35.7 Å². The molecular weight excluding hydrogens is 945 g/mol. The van der Waals surface area contributed by atoms with Gasteiger partial charge in [-0.05, 0) is 123 Å². The standard InChI is InChI=1S/C58H56N4O8S2/c1-9-31(10-2)59-51(63)35-19-17-29(25-37(35)53(59)65)43-21-23-45(71-43)39-27-41-48-47-42(56(68)61(33(13-5)14-6)57(69)49(39)47)28-40(50(48)58(70)62(55(41)67)34(15-7)16-8)46-24-22-44(72-46)30-18-20-36-38(26-30)54(66)60(52(36)64)32(11-3)12-4/h17-28,31-34H,9-16H2,1-8H3. The van der Waals surface area contributed by atoms with Crippen LogP contribution in [-0.2, 0) is 0 Å². The second-order valence-electron chi connectivity index (χ2n) is 19.1. The van der Waals surface area contributed by atoms with Gasteiger partial charge in [0.05, 0.1) is 33.4 Å². The van der Waals surface area contributed by atoms with Crippen LogP contribution in [0, 0.1) is 0 Å². The van der Waals surface area contributed by atoms with Crippen molar-refractivity contribution in [1.82, 2.24) is 19.6 Å². The highest BCUT2D eigenvalue weighted by atomic mass is 32.1. The second kappa shape index (κ2) is 18.6. The van der Waals surface area contributed by atoms with Crippen LogP contribution in [0.2, 0.25) is 0 Å². The zero-order valence-electron chi connectivity index (χ0n) is 41.8. The molecule has 0 saturated heterocycles. The predicted octanol–water partition coefficient (Wildman–Crippen LogP) is 12.8. The van der Waals surface area contributed by atoms with Crippen LogP contribution in [0.25, 0.3) is 52.5 Å². The molecule has 4 aromatic carbocycles. The molecule has 6 aromatic rings. The van der Waals surface area contributed by atoms with Crippen molar-refractivity contribution < 1.29 is 38.4 Å². The molecule has 0 fully saturated rings. The molecule has 0 spiro atoms. The maximum Gasteiger partial charge on any atom is 0.262 e. The van der Waals surface area contributed by atoms with Gasteiger partial charge in [-0.3, -0.25) is 58.0 Å². The van der Waals surface area contributed by atoms with Gasteiger partial charge in [-0.25, -0.2) is 0 Å². The molecule has 0 unspecified atom stereocenters. The Labute approximate surface area is 426 Å². The Morgan fingerprint density at radius 3 is 0.903 bits per heavy atom. The number of thiophene rings is 2. The molecule has 368 valence electrons. The minimum Gasteiger partial charge on any atom is -0.271 e. The van der Waals surface area contributed by atoms with Crippen LogP contribution in [0.5, 0.6) is 0 Å². The number of carbonyl (C=O) groups excluding carboxylic acids is 8. The Balaban J connectivity index is 1.16. The van der Waals surface area contributed by atoms with E-state index in [1.807, 2.05) is 91.8 Å². The van der Waals surface area contributed by atoms with E-state index in [1.54, 1.807) is 36.4 Å². The summed E-state index contributed by atoms with van der Waals surface area (Å²) in [5.74, 6) is -3.28. The third kappa shape index (κ3) is 7.10. The molecule has 0 radical (unpaired) electrons. The van der Waals surface area contributed by atoms with Gasteiger partial charge in [-0.15, -0.1) is 22.7 Å². The topological polar surface area (TPSA) is 150 Å². The van der Waals surface area contributed by atoms with Gasteiger partial charge < -0.3 is 0 Å². The fraction of sp³-hybridized carbons (Fsp3) is 0.345. The van der Waals surface area contributed by atoms with Gasteiger partial charge in [0, 0.05) is 76.7 Å². The summed E-state index contributed by atoms with van der Waals surface area (Å²) in [5.41, 5.74) is 4.61. The fourth-order valence-electron chi connectivity index (χ4n) is 11.5. The summed E-state index contributed by atoms with van der Waals surface area (Å²) in [6.07, 6.45) is 4.59. The first-order valence-corrected chi connectivity index (χ1v) is 27.0. The number of carbonyl (C=O) groups is 8. The van der Waals surface area contributed by atoms with E-state index >= 15 is 19.2 Å². The lowest BCUT2D eigenvalue weighted by Crippen LogP contribution is -2.49. The maximum absolute atomic E-state index is 15.3. The van der Waals surface area contributed by atoms with Gasteiger partial charge in [-0.2, -0.15) is 0 Å². The average molecular weight is 1000 g/mol. The molecule has 6 heterocycles. The number of hydrogen-bond donors (Lipinski definition) is 0. The van der Waals surface area contributed by atoms with Crippen LogP contribution in [0.15, 0.2) is 72.8 Å². The van der Waals surface area contributed by atoms with E-state index in [0.29, 0.717) is 106 Å². The van der Waals surface area contributed by atoms with E-state index in [-0.39, 0.29) is 68.7 Å². The van der Waals surface area contributed by atoms with E-state index in [4.69, 9.17) is 0 Å². The number of benzene rings is 4. The molecule has 2 aromatic heterocycles. The smallest absolute Gasteiger partial charge is 0.262 e. The van der Waals surface area contributed by atoms with Gasteiger partial charge >= 0.3 is 0 Å². The predicted molar refractivity (Wildman–Crippen MR) is 281 cm³/mol. The van der Waals surface area contributed by atoms with Crippen molar-refractivity contribution in [3.63, 3.8) is 0 Å². The zero-order chi connectivity index (χ0) is 51.2. The Morgan fingerprint density at radius 2 is 0.583 bits per heavy atom. The zero-order valence-corrected chi connectivity index (χ0v) is 43.4. The minimum atomic E-state index is -0.508. The molecule has 8 amide bonds. The minimum absolute atomic E-state index is 0.212. The number of imide groups is 4. The van der Waals surface area contributed by atoms with Crippen molar-refractivity contribution in [2.24, 2.45) is 0 Å². The Hall–Kier alpha value is -6.90. The molecule has 0 bridgehead atoms. The second-order valence-corrected chi connectivity index (χ2v) is 21.3. The van der Waals surface area contributed by atoms with E-state index in [1.165, 1.54) is 42.3 Å². The molecule has 0 saturated carbocycles. The van der Waals surface area contributed by atoms with Crippen molar-refractivity contribution in [2.45, 2.75) is 131 Å². The van der Waals surface area contributed by atoms with Gasteiger partial charge in [0.25, 0.3) is 47.3 Å². The van der Waals surface area contributed by atoms with Crippen molar-refractivity contribution in [3.8, 4) is 41.8 Å². The summed E-state index contributed by atoms with van der Waals surface area (Å²) in [6, 6.07) is 20.2. The first kappa shape index (κ1) is 48.7. The lowest BCUT2D eigenvalue weighted by Gasteiger charge is -2.38. The lowest BCUT2D eigenvalue weighted by molar-refractivity contribution is 0.0509. The number of fused-ring (bicyclic) bond motifs is 2. The number of amides is 8. The molecule has 4 aliphatic rings. The third-order valence-electron chi connectivity index (χ3n) is 15.5. The highest BCUT2D eigenvalue weighted by Crippen LogP contribution is 2.50. The Morgan fingerprint density at radius 1 is 0.306 bits per heavy atom. The van der Waals surface area contributed by atoms with E-state index in [2.05, 4.69) is 0 Å². The average Bonchev–Trinajstić information content (AvgIpc) is 4.19. The summed E-state index contributed by atoms with van der Waals surface area (Å²) < 4.78 is 0. The lowest BCUT2D eigenvalue weighted by atomic mass is 9.80. The largest absolute Gasteiger partial charge is 0.271 e. The van der Waals surface area contributed by atoms with Gasteiger partial charge in [0.2, 0.25) is 0 Å². The van der Waals surface area contributed by atoms with Gasteiger partial charge in [0.15, 0.2) is 0 Å². The number of nitrogens with zero attached hydrogens (tertiary/aromatic N) is 4. The summed E-state index contributed by atoms with van der Waals surface area (Å²) in [4.78, 5) is 123. The molecule has 0 atom stereocenters. The fourth-order valence-corrected chi connectivity index (χ4v) is 13.6. The van der Waals surface area contributed by atoms with Crippen molar-refractivity contribution >= 4 is 80.7 Å². The van der Waals surface area contributed by atoms with Crippen LogP contribution in [0.1, 0.15) is 190 Å². The SMILES string of the molecule is CCC(CC)N1C(=O)c2ccc(-c3ccc(-c4cc5c6c(c(-c7ccc(-c8ccc9c(c8)C(=O)N(C(CC)CC)C9=O)s7)cc7c6c4C(=O)N(C(CC)CC)C7=O)C(=O)N(C(CC)CC)C5=O)s3)cc2C1=O. The molecule has 10 rings (SSSR count). The quantitative estimate of drug-likeness (QED) is 0.0870. The highest BCUT2D eigenvalue weighted by molar-refractivity contribution is 7.19. The van der Waals surface area contributed by atoms with Crippen molar-refractivity contribution in [3.05, 3.63) is 117 Å². The Bertz CT molecular complexity index is 3150. The monoisotopic (exact) mass is 1000 g/mol. The highest BCUT2D eigenvalue weighted by Gasteiger charge is 2.46. The van der Waals surface area contributed by atoms with Crippen LogP contribution in [-0.4, -0.2) is 91.0 Å². The summed E-state index contributed by atoms with van der Waals surface area (Å²) in [7, 11) is 0. The van der Waals surface area contributed by atoms with Crippen molar-refractivity contribution in [2.75, 3.05) is 0 Å². The van der Waals surface area contributed by atoms with E-state index in [0.717, 1.165) is 9.75 Å². The van der Waals surface area contributed by atoms with E-state index in [9.17, 15) is 19.2 Å². The van der Waals surface area contributed by atoms with Crippen LogP contribution in [0.4, 0.5) is 0 Å². The van der Waals surface area contributed by atoms with Crippen molar-refractivity contribution in [1.29, 1.82) is 0 Å². The van der Waals surface area contributed by atoms with Gasteiger partial charge in [-0.1, -0.05) is 67.5 Å². The first-order chi connectivity index (χ1) is 34.7.